The average molecular weight is 258 g/mol. The smallest absolute Gasteiger partial charge is 0.406 e. The first-order valence-corrected chi connectivity index (χ1v) is 4.93. The molecule has 1 aromatic carbocycles. The van der Waals surface area contributed by atoms with Gasteiger partial charge in [0.1, 0.15) is 5.75 Å². The summed E-state index contributed by atoms with van der Waals surface area (Å²) >= 11 is 0. The van der Waals surface area contributed by atoms with Crippen LogP contribution in [0.3, 0.4) is 0 Å². The molecule has 0 spiro atoms. The summed E-state index contributed by atoms with van der Waals surface area (Å²) in [4.78, 5) is 0. The number of anilines is 1. The summed E-state index contributed by atoms with van der Waals surface area (Å²) in [6.45, 7) is 0.372. The highest BCUT2D eigenvalue weighted by atomic mass is 19.4. The van der Waals surface area contributed by atoms with E-state index in [0.29, 0.717) is 6.54 Å². The molecule has 0 fully saturated rings. The van der Waals surface area contributed by atoms with Crippen molar-refractivity contribution in [2.75, 3.05) is 5.73 Å². The maximum absolute atomic E-state index is 11.9. The van der Waals surface area contributed by atoms with Crippen molar-refractivity contribution in [1.82, 2.24) is 15.0 Å². The van der Waals surface area contributed by atoms with Gasteiger partial charge >= 0.3 is 6.36 Å². The Kier molecular flexibility index (Phi) is 3.09. The second-order valence-corrected chi connectivity index (χ2v) is 3.53. The van der Waals surface area contributed by atoms with E-state index in [1.54, 1.807) is 0 Å². The normalized spacial score (nSPS) is 11.5. The largest absolute Gasteiger partial charge is 0.573 e. The molecule has 96 valence electrons. The van der Waals surface area contributed by atoms with Gasteiger partial charge in [-0.2, -0.15) is 0 Å². The monoisotopic (exact) mass is 258 g/mol. The van der Waals surface area contributed by atoms with Crippen molar-refractivity contribution >= 4 is 5.82 Å². The number of rotatable bonds is 3. The lowest BCUT2D eigenvalue weighted by molar-refractivity contribution is -0.274. The number of hydrogen-bond donors (Lipinski definition) is 1. The van der Waals surface area contributed by atoms with Crippen LogP contribution in [0.1, 0.15) is 5.56 Å². The van der Waals surface area contributed by atoms with E-state index in [1.807, 2.05) is 0 Å². The van der Waals surface area contributed by atoms with Crippen LogP contribution < -0.4 is 10.5 Å². The molecule has 0 aliphatic heterocycles. The second kappa shape index (κ2) is 4.55. The van der Waals surface area contributed by atoms with Crippen LogP contribution in [-0.2, 0) is 6.54 Å². The number of aromatic nitrogens is 3. The predicted octanol–water partition coefficient (Wildman–Crippen LogP) is 1.81. The van der Waals surface area contributed by atoms with Crippen molar-refractivity contribution in [3.63, 3.8) is 0 Å². The minimum absolute atomic E-state index is 0.260. The first kappa shape index (κ1) is 12.2. The molecule has 0 bridgehead atoms. The zero-order valence-electron chi connectivity index (χ0n) is 9.05. The second-order valence-electron chi connectivity index (χ2n) is 3.53. The summed E-state index contributed by atoms with van der Waals surface area (Å²) in [5, 5.41) is 7.32. The van der Waals surface area contributed by atoms with E-state index in [9.17, 15) is 13.2 Å². The van der Waals surface area contributed by atoms with E-state index in [2.05, 4.69) is 15.0 Å². The van der Waals surface area contributed by atoms with Gasteiger partial charge in [-0.15, -0.1) is 18.3 Å². The highest BCUT2D eigenvalue weighted by Gasteiger charge is 2.30. The van der Waals surface area contributed by atoms with E-state index in [-0.39, 0.29) is 11.6 Å². The third kappa shape index (κ3) is 3.37. The van der Waals surface area contributed by atoms with Crippen molar-refractivity contribution in [3.05, 3.63) is 36.0 Å². The summed E-state index contributed by atoms with van der Waals surface area (Å²) < 4.78 is 41.0. The van der Waals surface area contributed by atoms with Gasteiger partial charge in [0.2, 0.25) is 0 Å². The quantitative estimate of drug-likeness (QED) is 0.911. The number of nitrogen functional groups attached to an aromatic ring is 1. The van der Waals surface area contributed by atoms with Gasteiger partial charge in [0.25, 0.3) is 0 Å². The van der Waals surface area contributed by atoms with Crippen LogP contribution in [0.5, 0.6) is 5.75 Å². The lowest BCUT2D eigenvalue weighted by Crippen LogP contribution is -2.17. The highest BCUT2D eigenvalue weighted by molar-refractivity contribution is 5.28. The summed E-state index contributed by atoms with van der Waals surface area (Å²) in [6, 6.07) is 5.50. The number of ether oxygens (including phenoxy) is 1. The molecule has 2 aromatic rings. The van der Waals surface area contributed by atoms with Crippen LogP contribution in [0.4, 0.5) is 19.0 Å². The highest BCUT2D eigenvalue weighted by Crippen LogP contribution is 2.22. The minimum atomic E-state index is -4.68. The van der Waals surface area contributed by atoms with Crippen LogP contribution in [0, 0.1) is 0 Å². The molecule has 0 aliphatic rings. The molecular formula is C10H9F3N4O. The summed E-state index contributed by atoms with van der Waals surface area (Å²) in [7, 11) is 0. The Balaban J connectivity index is 2.04. The van der Waals surface area contributed by atoms with Crippen molar-refractivity contribution in [2.45, 2.75) is 12.9 Å². The lowest BCUT2D eigenvalue weighted by atomic mass is 10.2. The van der Waals surface area contributed by atoms with Gasteiger partial charge in [0.15, 0.2) is 5.82 Å². The van der Waals surface area contributed by atoms with Gasteiger partial charge < -0.3 is 10.5 Å². The molecule has 5 nitrogen and oxygen atoms in total. The van der Waals surface area contributed by atoms with Crippen LogP contribution in [0.2, 0.25) is 0 Å². The average Bonchev–Trinajstić information content (AvgIpc) is 2.65. The number of hydrogen-bond acceptors (Lipinski definition) is 4. The van der Waals surface area contributed by atoms with Crippen LogP contribution in [-0.4, -0.2) is 21.4 Å². The van der Waals surface area contributed by atoms with Crippen molar-refractivity contribution in [3.8, 4) is 5.75 Å². The fraction of sp³-hybridized carbons (Fsp3) is 0.200. The maximum Gasteiger partial charge on any atom is 0.573 e. The summed E-state index contributed by atoms with van der Waals surface area (Å²) in [5.74, 6) is 0.0244. The van der Waals surface area contributed by atoms with Crippen LogP contribution in [0.25, 0.3) is 0 Å². The molecule has 2 rings (SSSR count). The Labute approximate surface area is 100.0 Å². The molecule has 18 heavy (non-hydrogen) atoms. The minimum Gasteiger partial charge on any atom is -0.406 e. The number of nitrogens with two attached hydrogens (primary N) is 1. The lowest BCUT2D eigenvalue weighted by Gasteiger charge is -2.09. The van der Waals surface area contributed by atoms with Gasteiger partial charge in [0, 0.05) is 0 Å². The van der Waals surface area contributed by atoms with E-state index in [1.165, 1.54) is 35.1 Å². The van der Waals surface area contributed by atoms with Crippen molar-refractivity contribution in [1.29, 1.82) is 0 Å². The SMILES string of the molecule is Nc1cn(Cc2ccc(OC(F)(F)F)cc2)nn1. The molecule has 0 radical (unpaired) electrons. The van der Waals surface area contributed by atoms with Gasteiger partial charge in [-0.25, -0.2) is 4.68 Å². The third-order valence-electron chi connectivity index (χ3n) is 2.06. The topological polar surface area (TPSA) is 66.0 Å². The molecule has 2 N–H and O–H groups in total. The molecule has 0 saturated heterocycles. The standard InChI is InChI=1S/C10H9F3N4O/c11-10(12,13)18-8-3-1-7(2-4-8)5-17-6-9(14)15-16-17/h1-4,6H,5,14H2. The first-order valence-electron chi connectivity index (χ1n) is 4.93. The van der Waals surface area contributed by atoms with E-state index < -0.39 is 6.36 Å². The predicted molar refractivity (Wildman–Crippen MR) is 56.7 cm³/mol. The van der Waals surface area contributed by atoms with E-state index in [0.717, 1.165) is 5.56 Å². The van der Waals surface area contributed by atoms with Gasteiger partial charge in [0.05, 0.1) is 12.7 Å². The molecule has 0 saturated carbocycles. The van der Waals surface area contributed by atoms with Crippen molar-refractivity contribution in [2.24, 2.45) is 0 Å². The summed E-state index contributed by atoms with van der Waals surface area (Å²) in [6.07, 6.45) is -3.15. The molecular weight excluding hydrogens is 249 g/mol. The molecule has 1 heterocycles. The zero-order chi connectivity index (χ0) is 13.2. The number of nitrogens with zero attached hydrogens (tertiary/aromatic N) is 3. The van der Waals surface area contributed by atoms with Crippen molar-refractivity contribution < 1.29 is 17.9 Å². The Hall–Kier alpha value is -2.25. The van der Waals surface area contributed by atoms with Crippen LogP contribution >= 0.6 is 0 Å². The summed E-state index contributed by atoms with van der Waals surface area (Å²) in [5.41, 5.74) is 6.15. The number of halogens is 3. The molecule has 0 unspecified atom stereocenters. The fourth-order valence-electron chi connectivity index (χ4n) is 1.37. The van der Waals surface area contributed by atoms with Gasteiger partial charge in [-0.3, -0.25) is 0 Å². The first-order chi connectivity index (χ1) is 8.42. The Morgan fingerprint density at radius 3 is 2.39 bits per heavy atom. The molecule has 0 amide bonds. The molecule has 0 aliphatic carbocycles. The van der Waals surface area contributed by atoms with E-state index >= 15 is 0 Å². The molecule has 0 atom stereocenters. The Bertz CT molecular complexity index is 521. The Morgan fingerprint density at radius 1 is 1.22 bits per heavy atom. The Morgan fingerprint density at radius 2 is 1.89 bits per heavy atom. The van der Waals surface area contributed by atoms with Crippen LogP contribution in [0.15, 0.2) is 30.5 Å². The molecule has 1 aromatic heterocycles. The van der Waals surface area contributed by atoms with Gasteiger partial charge in [-0.1, -0.05) is 17.3 Å². The van der Waals surface area contributed by atoms with Gasteiger partial charge in [-0.05, 0) is 17.7 Å². The maximum atomic E-state index is 11.9. The molecule has 8 heteroatoms. The number of alkyl halides is 3. The fourth-order valence-corrected chi connectivity index (χ4v) is 1.37. The number of benzene rings is 1. The van der Waals surface area contributed by atoms with E-state index in [4.69, 9.17) is 5.73 Å². The third-order valence-corrected chi connectivity index (χ3v) is 2.06. The zero-order valence-corrected chi connectivity index (χ0v) is 9.05.